The molecule has 1 fully saturated rings. The number of ether oxygens (including phenoxy) is 1. The Balaban J connectivity index is 2.48. The van der Waals surface area contributed by atoms with E-state index in [1.54, 1.807) is 0 Å². The summed E-state index contributed by atoms with van der Waals surface area (Å²) in [6, 6.07) is 0. The highest BCUT2D eigenvalue weighted by Gasteiger charge is 2.32. The fourth-order valence-corrected chi connectivity index (χ4v) is 2.55. The average molecular weight is 210 g/mol. The molecule has 2 heteroatoms. The Labute approximate surface area is 92.7 Å². The van der Waals surface area contributed by atoms with E-state index in [0.29, 0.717) is 17.9 Å². The Bertz CT molecular complexity index is 248. The number of rotatable bonds is 4. The second-order valence-electron chi connectivity index (χ2n) is 5.80. The third kappa shape index (κ3) is 3.69. The number of carbonyl (C=O) groups excluding carboxylic acids is 1. The molecule has 1 aliphatic rings. The molecule has 0 spiro atoms. The van der Waals surface area contributed by atoms with Crippen molar-refractivity contribution in [2.24, 2.45) is 11.3 Å². The molecule has 1 saturated heterocycles. The van der Waals surface area contributed by atoms with Gasteiger partial charge in [-0.1, -0.05) is 34.3 Å². The van der Waals surface area contributed by atoms with Crippen molar-refractivity contribution in [1.29, 1.82) is 0 Å². The summed E-state index contributed by atoms with van der Waals surface area (Å²) in [5.74, 6) is 0.473. The first-order chi connectivity index (χ1) is 6.80. The fraction of sp³-hybridized carbons (Fsp3) is 0.769. The summed E-state index contributed by atoms with van der Waals surface area (Å²) in [4.78, 5) is 11.2. The Morgan fingerprint density at radius 3 is 2.53 bits per heavy atom. The summed E-state index contributed by atoms with van der Waals surface area (Å²) < 4.78 is 5.25. The lowest BCUT2D eigenvalue weighted by molar-refractivity contribution is -0.139. The molecule has 1 rings (SSSR count). The van der Waals surface area contributed by atoms with Gasteiger partial charge in [-0.05, 0) is 24.2 Å². The van der Waals surface area contributed by atoms with Crippen LogP contribution in [0.2, 0.25) is 0 Å². The molecule has 1 atom stereocenters. The predicted molar refractivity (Wildman–Crippen MR) is 61.5 cm³/mol. The van der Waals surface area contributed by atoms with Gasteiger partial charge in [-0.15, -0.1) is 0 Å². The van der Waals surface area contributed by atoms with Crippen molar-refractivity contribution in [2.45, 2.75) is 53.1 Å². The molecule has 0 amide bonds. The molecule has 0 saturated carbocycles. The Kier molecular flexibility index (Phi) is 3.58. The van der Waals surface area contributed by atoms with Crippen LogP contribution in [-0.2, 0) is 9.53 Å². The quantitative estimate of drug-likeness (QED) is 0.525. The zero-order valence-electron chi connectivity index (χ0n) is 10.3. The molecule has 2 nitrogen and oxygen atoms in total. The Hall–Kier alpha value is -0.790. The smallest absolute Gasteiger partial charge is 0.333 e. The number of esters is 1. The molecule has 0 aliphatic carbocycles. The van der Waals surface area contributed by atoms with Crippen LogP contribution in [-0.4, -0.2) is 12.1 Å². The third-order valence-corrected chi connectivity index (χ3v) is 2.78. The van der Waals surface area contributed by atoms with Crippen molar-refractivity contribution in [1.82, 2.24) is 0 Å². The lowest BCUT2D eigenvalue weighted by atomic mass is 9.79. The van der Waals surface area contributed by atoms with Crippen LogP contribution in [0.25, 0.3) is 0 Å². The molecular formula is C13H22O2. The van der Waals surface area contributed by atoms with E-state index in [1.165, 1.54) is 0 Å². The van der Waals surface area contributed by atoms with Crippen LogP contribution in [0, 0.1) is 11.3 Å². The van der Waals surface area contributed by atoms with Crippen LogP contribution >= 0.6 is 0 Å². The van der Waals surface area contributed by atoms with Crippen LogP contribution in [0.1, 0.15) is 47.0 Å². The molecule has 1 unspecified atom stereocenters. The van der Waals surface area contributed by atoms with Gasteiger partial charge in [0.15, 0.2) is 0 Å². The van der Waals surface area contributed by atoms with Crippen LogP contribution in [0.5, 0.6) is 0 Å². The standard InChI is InChI=1S/C13H22O2/c1-9(2)7-13(4,5)8-11-6-10(3)12(14)15-11/h9,11H,3,6-8H2,1-2,4-5H3. The zero-order valence-corrected chi connectivity index (χ0v) is 10.3. The molecule has 0 N–H and O–H groups in total. The maximum Gasteiger partial charge on any atom is 0.333 e. The summed E-state index contributed by atoms with van der Waals surface area (Å²) in [6.07, 6.45) is 2.86. The highest BCUT2D eigenvalue weighted by molar-refractivity contribution is 5.89. The number of cyclic esters (lactones) is 1. The van der Waals surface area contributed by atoms with E-state index >= 15 is 0 Å². The monoisotopic (exact) mass is 210 g/mol. The van der Waals surface area contributed by atoms with Crippen molar-refractivity contribution in [3.05, 3.63) is 12.2 Å². The molecule has 0 bridgehead atoms. The topological polar surface area (TPSA) is 26.3 Å². The zero-order chi connectivity index (χ0) is 11.6. The van der Waals surface area contributed by atoms with E-state index in [9.17, 15) is 4.79 Å². The van der Waals surface area contributed by atoms with Crippen LogP contribution in [0.15, 0.2) is 12.2 Å². The van der Waals surface area contributed by atoms with Gasteiger partial charge >= 0.3 is 5.97 Å². The van der Waals surface area contributed by atoms with Crippen molar-refractivity contribution >= 4 is 5.97 Å². The second kappa shape index (κ2) is 4.38. The molecular weight excluding hydrogens is 188 g/mol. The SMILES string of the molecule is C=C1CC(CC(C)(C)CC(C)C)OC1=O. The average Bonchev–Trinajstić information content (AvgIpc) is 2.25. The summed E-state index contributed by atoms with van der Waals surface area (Å²) in [5.41, 5.74) is 0.865. The van der Waals surface area contributed by atoms with Gasteiger partial charge in [0.2, 0.25) is 0 Å². The highest BCUT2D eigenvalue weighted by atomic mass is 16.5. The van der Waals surface area contributed by atoms with Gasteiger partial charge in [-0.3, -0.25) is 0 Å². The first-order valence-electron chi connectivity index (χ1n) is 5.69. The van der Waals surface area contributed by atoms with Crippen molar-refractivity contribution in [3.8, 4) is 0 Å². The van der Waals surface area contributed by atoms with Crippen molar-refractivity contribution in [2.75, 3.05) is 0 Å². The molecule has 0 aromatic heterocycles. The van der Waals surface area contributed by atoms with Crippen LogP contribution in [0.3, 0.4) is 0 Å². The first-order valence-corrected chi connectivity index (χ1v) is 5.69. The maximum absolute atomic E-state index is 11.2. The van der Waals surface area contributed by atoms with Gasteiger partial charge in [-0.25, -0.2) is 4.79 Å². The van der Waals surface area contributed by atoms with E-state index in [4.69, 9.17) is 4.74 Å². The van der Waals surface area contributed by atoms with Crippen LogP contribution in [0.4, 0.5) is 0 Å². The maximum atomic E-state index is 11.2. The van der Waals surface area contributed by atoms with E-state index in [1.807, 2.05) is 0 Å². The Morgan fingerprint density at radius 1 is 1.53 bits per heavy atom. The van der Waals surface area contributed by atoms with Crippen LogP contribution < -0.4 is 0 Å². The van der Waals surface area contributed by atoms with Gasteiger partial charge in [-0.2, -0.15) is 0 Å². The molecule has 0 aromatic carbocycles. The largest absolute Gasteiger partial charge is 0.459 e. The molecule has 1 heterocycles. The van der Waals surface area contributed by atoms with E-state index in [-0.39, 0.29) is 17.5 Å². The van der Waals surface area contributed by atoms with Crippen molar-refractivity contribution < 1.29 is 9.53 Å². The molecule has 0 radical (unpaired) electrons. The first kappa shape index (κ1) is 12.3. The highest BCUT2D eigenvalue weighted by Crippen LogP contribution is 2.35. The Morgan fingerprint density at radius 2 is 2.13 bits per heavy atom. The van der Waals surface area contributed by atoms with E-state index in [0.717, 1.165) is 12.8 Å². The molecule has 86 valence electrons. The van der Waals surface area contributed by atoms with Gasteiger partial charge in [0, 0.05) is 12.0 Å². The minimum Gasteiger partial charge on any atom is -0.459 e. The second-order valence-corrected chi connectivity index (χ2v) is 5.80. The fourth-order valence-electron chi connectivity index (χ4n) is 2.55. The molecule has 0 aromatic rings. The minimum absolute atomic E-state index is 0.0544. The number of hydrogen-bond donors (Lipinski definition) is 0. The normalized spacial score (nSPS) is 22.3. The van der Waals surface area contributed by atoms with Gasteiger partial charge in [0.05, 0.1) is 0 Å². The van der Waals surface area contributed by atoms with E-state index < -0.39 is 0 Å². The van der Waals surface area contributed by atoms with Crippen molar-refractivity contribution in [3.63, 3.8) is 0 Å². The summed E-state index contributed by atoms with van der Waals surface area (Å²) >= 11 is 0. The van der Waals surface area contributed by atoms with Gasteiger partial charge in [0.25, 0.3) is 0 Å². The summed E-state index contributed by atoms with van der Waals surface area (Å²) in [6.45, 7) is 12.6. The van der Waals surface area contributed by atoms with Gasteiger partial charge < -0.3 is 4.74 Å². The lowest BCUT2D eigenvalue weighted by Gasteiger charge is -2.28. The number of carbonyl (C=O) groups is 1. The number of hydrogen-bond acceptors (Lipinski definition) is 2. The van der Waals surface area contributed by atoms with Gasteiger partial charge in [0.1, 0.15) is 6.10 Å². The minimum atomic E-state index is -0.208. The lowest BCUT2D eigenvalue weighted by Crippen LogP contribution is -2.22. The molecule has 15 heavy (non-hydrogen) atoms. The summed E-state index contributed by atoms with van der Waals surface area (Å²) in [7, 11) is 0. The molecule has 1 aliphatic heterocycles. The summed E-state index contributed by atoms with van der Waals surface area (Å²) in [5, 5.41) is 0. The third-order valence-electron chi connectivity index (χ3n) is 2.78. The predicted octanol–water partition coefficient (Wildman–Crippen LogP) is 3.32. The van der Waals surface area contributed by atoms with E-state index in [2.05, 4.69) is 34.3 Å².